The van der Waals surface area contributed by atoms with E-state index in [2.05, 4.69) is 13.2 Å². The quantitative estimate of drug-likeness (QED) is 0.236. The highest BCUT2D eigenvalue weighted by Gasteiger charge is 2.14. The van der Waals surface area contributed by atoms with E-state index in [1.807, 2.05) is 44.2 Å². The molecule has 0 bridgehead atoms. The van der Waals surface area contributed by atoms with Crippen molar-refractivity contribution in [2.75, 3.05) is 7.11 Å². The number of methoxy groups -OCH3 is 1. The molecule has 0 atom stereocenters. The molecule has 0 aliphatic carbocycles. The van der Waals surface area contributed by atoms with Crippen molar-refractivity contribution in [1.29, 1.82) is 0 Å². The number of esters is 2. The Labute approximate surface area is 183 Å². The van der Waals surface area contributed by atoms with Gasteiger partial charge in [-0.05, 0) is 61.7 Å². The first kappa shape index (κ1) is 23.4. The lowest BCUT2D eigenvalue weighted by molar-refractivity contribution is -0.130. The van der Waals surface area contributed by atoms with Crippen molar-refractivity contribution >= 4 is 23.1 Å². The van der Waals surface area contributed by atoms with Gasteiger partial charge in [0.2, 0.25) is 0 Å². The fraction of sp³-hybridized carbons (Fsp3) is 0.154. The molecular weight excluding hydrogens is 392 g/mol. The predicted octanol–water partition coefficient (Wildman–Crippen LogP) is 5.77. The van der Waals surface area contributed by atoms with Gasteiger partial charge in [0.1, 0.15) is 17.2 Å². The van der Waals surface area contributed by atoms with Crippen LogP contribution in [0.4, 0.5) is 0 Å². The standard InChI is InChI=1S/C26H26O5/c1-7-19(8-2)23-14-13-22(16-24(23)31-26(28)17(3)4)30-25(27)15-18(5)20-9-11-21(29-6)12-10-20/h7-16H,1,3H2,2,4-6H3/b18-15+,19-8+. The fourth-order valence-corrected chi connectivity index (χ4v) is 2.72. The second kappa shape index (κ2) is 10.8. The van der Waals surface area contributed by atoms with Crippen LogP contribution in [0.1, 0.15) is 31.9 Å². The van der Waals surface area contributed by atoms with Crippen LogP contribution in [0.2, 0.25) is 0 Å². The molecule has 0 saturated heterocycles. The number of carbonyl (C=O) groups is 2. The van der Waals surface area contributed by atoms with E-state index in [1.165, 1.54) is 12.1 Å². The summed E-state index contributed by atoms with van der Waals surface area (Å²) < 4.78 is 16.0. The summed E-state index contributed by atoms with van der Waals surface area (Å²) in [7, 11) is 1.59. The first-order valence-electron chi connectivity index (χ1n) is 9.64. The van der Waals surface area contributed by atoms with E-state index in [-0.39, 0.29) is 17.1 Å². The van der Waals surface area contributed by atoms with Crippen molar-refractivity contribution in [1.82, 2.24) is 0 Å². The van der Waals surface area contributed by atoms with Gasteiger partial charge < -0.3 is 14.2 Å². The van der Waals surface area contributed by atoms with Crippen LogP contribution in [-0.2, 0) is 9.59 Å². The topological polar surface area (TPSA) is 61.8 Å². The van der Waals surface area contributed by atoms with Gasteiger partial charge in [-0.15, -0.1) is 0 Å². The molecule has 0 aliphatic heterocycles. The second-order valence-electron chi connectivity index (χ2n) is 6.75. The molecule has 0 heterocycles. The van der Waals surface area contributed by atoms with Crippen molar-refractivity contribution in [3.63, 3.8) is 0 Å². The highest BCUT2D eigenvalue weighted by Crippen LogP contribution is 2.32. The van der Waals surface area contributed by atoms with Crippen LogP contribution < -0.4 is 14.2 Å². The van der Waals surface area contributed by atoms with Crippen molar-refractivity contribution < 1.29 is 23.8 Å². The SMILES string of the molecule is C=C/C(=C\C)c1ccc(OC(=O)/C=C(\C)c2ccc(OC)cc2)cc1OC(=O)C(=C)C. The van der Waals surface area contributed by atoms with Gasteiger partial charge in [-0.1, -0.05) is 37.4 Å². The van der Waals surface area contributed by atoms with Crippen molar-refractivity contribution in [3.05, 3.63) is 90.6 Å². The number of carbonyl (C=O) groups excluding carboxylic acids is 2. The van der Waals surface area contributed by atoms with Gasteiger partial charge in [-0.2, -0.15) is 0 Å². The average Bonchev–Trinajstić information content (AvgIpc) is 2.75. The zero-order valence-corrected chi connectivity index (χ0v) is 18.2. The lowest BCUT2D eigenvalue weighted by Crippen LogP contribution is -2.10. The molecule has 31 heavy (non-hydrogen) atoms. The molecule has 2 rings (SSSR count). The summed E-state index contributed by atoms with van der Waals surface area (Å²) in [6.07, 6.45) is 4.89. The lowest BCUT2D eigenvalue weighted by Gasteiger charge is -2.13. The third kappa shape index (κ3) is 6.31. The van der Waals surface area contributed by atoms with E-state index in [0.717, 1.165) is 22.5 Å². The average molecular weight is 418 g/mol. The first-order valence-corrected chi connectivity index (χ1v) is 9.64. The molecule has 0 spiro atoms. The van der Waals surface area contributed by atoms with Gasteiger partial charge in [0.05, 0.1) is 7.11 Å². The predicted molar refractivity (Wildman–Crippen MR) is 123 cm³/mol. The minimum atomic E-state index is -0.570. The van der Waals surface area contributed by atoms with Gasteiger partial charge in [0.15, 0.2) is 0 Å². The summed E-state index contributed by atoms with van der Waals surface area (Å²) in [6.45, 7) is 12.6. The van der Waals surface area contributed by atoms with Crippen LogP contribution in [-0.4, -0.2) is 19.0 Å². The maximum Gasteiger partial charge on any atom is 0.338 e. The largest absolute Gasteiger partial charge is 0.497 e. The van der Waals surface area contributed by atoms with Crippen molar-refractivity contribution in [2.24, 2.45) is 0 Å². The highest BCUT2D eigenvalue weighted by atomic mass is 16.5. The molecule has 0 N–H and O–H groups in total. The van der Waals surface area contributed by atoms with Gasteiger partial charge in [0.25, 0.3) is 0 Å². The molecule has 2 aromatic rings. The van der Waals surface area contributed by atoms with Crippen LogP contribution >= 0.6 is 0 Å². The van der Waals surface area contributed by atoms with E-state index in [0.29, 0.717) is 5.56 Å². The molecule has 5 nitrogen and oxygen atoms in total. The monoisotopic (exact) mass is 418 g/mol. The van der Waals surface area contributed by atoms with E-state index < -0.39 is 11.9 Å². The fourth-order valence-electron chi connectivity index (χ4n) is 2.72. The maximum absolute atomic E-state index is 12.4. The molecule has 5 heteroatoms. The molecule has 0 unspecified atom stereocenters. The molecule has 0 radical (unpaired) electrons. The number of benzene rings is 2. The third-order valence-corrected chi connectivity index (χ3v) is 4.44. The van der Waals surface area contributed by atoms with Gasteiger partial charge in [-0.25, -0.2) is 9.59 Å². The number of allylic oxidation sites excluding steroid dienone is 4. The van der Waals surface area contributed by atoms with Crippen molar-refractivity contribution in [3.8, 4) is 17.2 Å². The van der Waals surface area contributed by atoms with E-state index >= 15 is 0 Å². The minimum Gasteiger partial charge on any atom is -0.497 e. The van der Waals surface area contributed by atoms with Gasteiger partial charge >= 0.3 is 11.9 Å². The maximum atomic E-state index is 12.4. The lowest BCUT2D eigenvalue weighted by atomic mass is 10.0. The summed E-state index contributed by atoms with van der Waals surface area (Å²) in [5.41, 5.74) is 3.29. The van der Waals surface area contributed by atoms with Gasteiger partial charge in [-0.3, -0.25) is 0 Å². The summed E-state index contributed by atoms with van der Waals surface area (Å²) in [6, 6.07) is 12.2. The zero-order valence-electron chi connectivity index (χ0n) is 18.2. The Hall–Kier alpha value is -3.86. The second-order valence-corrected chi connectivity index (χ2v) is 6.75. The summed E-state index contributed by atoms with van der Waals surface area (Å²) in [5, 5.41) is 0. The third-order valence-electron chi connectivity index (χ3n) is 4.44. The number of rotatable bonds is 8. The Balaban J connectivity index is 2.28. The first-order chi connectivity index (χ1) is 14.8. The van der Waals surface area contributed by atoms with E-state index in [1.54, 1.807) is 32.2 Å². The van der Waals surface area contributed by atoms with Crippen LogP contribution in [0.15, 0.2) is 79.4 Å². The number of ether oxygens (including phenoxy) is 3. The smallest absolute Gasteiger partial charge is 0.338 e. The Morgan fingerprint density at radius 2 is 1.61 bits per heavy atom. The molecule has 0 saturated carbocycles. The molecule has 2 aromatic carbocycles. The molecule has 0 aliphatic rings. The van der Waals surface area contributed by atoms with Crippen LogP contribution in [0, 0.1) is 0 Å². The normalized spacial score (nSPS) is 11.5. The van der Waals surface area contributed by atoms with Gasteiger partial charge in [0, 0.05) is 23.3 Å². The molecular formula is C26H26O5. The Kier molecular flexibility index (Phi) is 8.15. The summed E-state index contributed by atoms with van der Waals surface area (Å²) >= 11 is 0. The Morgan fingerprint density at radius 1 is 0.968 bits per heavy atom. The zero-order chi connectivity index (χ0) is 23.0. The van der Waals surface area contributed by atoms with Crippen LogP contribution in [0.5, 0.6) is 17.2 Å². The number of hydrogen-bond acceptors (Lipinski definition) is 5. The van der Waals surface area contributed by atoms with Crippen LogP contribution in [0.3, 0.4) is 0 Å². The molecule has 160 valence electrons. The van der Waals surface area contributed by atoms with E-state index in [9.17, 15) is 9.59 Å². The summed E-state index contributed by atoms with van der Waals surface area (Å²) in [4.78, 5) is 24.5. The number of hydrogen-bond donors (Lipinski definition) is 0. The molecule has 0 aromatic heterocycles. The Morgan fingerprint density at radius 3 is 2.16 bits per heavy atom. The molecule has 0 amide bonds. The van der Waals surface area contributed by atoms with Crippen molar-refractivity contribution in [2.45, 2.75) is 20.8 Å². The van der Waals surface area contributed by atoms with Crippen LogP contribution in [0.25, 0.3) is 11.1 Å². The highest BCUT2D eigenvalue weighted by molar-refractivity contribution is 5.93. The van der Waals surface area contributed by atoms with E-state index in [4.69, 9.17) is 14.2 Å². The molecule has 0 fully saturated rings. The minimum absolute atomic E-state index is 0.247. The Bertz CT molecular complexity index is 1060. The summed E-state index contributed by atoms with van der Waals surface area (Å²) in [5.74, 6) is 0.113.